The molecule has 1 nitrogen and oxygen atoms in total. The molecule has 2 aromatic carbocycles. The lowest BCUT2D eigenvalue weighted by Crippen LogP contribution is -1.99. The zero-order valence-corrected chi connectivity index (χ0v) is 13.7. The quantitative estimate of drug-likeness (QED) is 0.659. The van der Waals surface area contributed by atoms with Crippen LogP contribution in [0.15, 0.2) is 36.4 Å². The van der Waals surface area contributed by atoms with Gasteiger partial charge in [-0.15, -0.1) is 0 Å². The van der Waals surface area contributed by atoms with Gasteiger partial charge in [0.05, 0.1) is 6.61 Å². The summed E-state index contributed by atoms with van der Waals surface area (Å²) >= 11 is 0. The van der Waals surface area contributed by atoms with Crippen LogP contribution in [-0.2, 0) is 6.42 Å². The summed E-state index contributed by atoms with van der Waals surface area (Å²) in [5, 5.41) is 0. The van der Waals surface area contributed by atoms with Crippen molar-refractivity contribution in [2.24, 2.45) is 0 Å². The van der Waals surface area contributed by atoms with Gasteiger partial charge in [0.1, 0.15) is 5.75 Å². The molecule has 0 aliphatic rings. The van der Waals surface area contributed by atoms with Crippen LogP contribution >= 0.6 is 0 Å². The lowest BCUT2D eigenvalue weighted by atomic mass is 9.95. The van der Waals surface area contributed by atoms with E-state index in [0.717, 1.165) is 25.2 Å². The third kappa shape index (κ3) is 3.66. The first-order chi connectivity index (χ1) is 10.2. The molecule has 0 N–H and O–H groups in total. The van der Waals surface area contributed by atoms with Crippen molar-refractivity contribution < 1.29 is 4.74 Å². The normalized spacial score (nSPS) is 10.7. The highest BCUT2D eigenvalue weighted by atomic mass is 16.5. The molecule has 21 heavy (non-hydrogen) atoms. The molecule has 0 aromatic heterocycles. The highest BCUT2D eigenvalue weighted by Gasteiger charge is 2.09. The molecule has 2 rings (SSSR count). The molecule has 0 fully saturated rings. The second-order valence-electron chi connectivity index (χ2n) is 5.66. The van der Waals surface area contributed by atoms with Crippen LogP contribution in [0.1, 0.15) is 43.4 Å². The van der Waals surface area contributed by atoms with E-state index >= 15 is 0 Å². The maximum absolute atomic E-state index is 5.81. The van der Waals surface area contributed by atoms with Gasteiger partial charge in [-0.2, -0.15) is 0 Å². The van der Waals surface area contributed by atoms with Crippen LogP contribution in [-0.4, -0.2) is 6.61 Å². The van der Waals surface area contributed by atoms with Crippen molar-refractivity contribution in [2.75, 3.05) is 6.61 Å². The van der Waals surface area contributed by atoms with Crippen LogP contribution in [0.4, 0.5) is 0 Å². The Bertz CT molecular complexity index is 582. The van der Waals surface area contributed by atoms with Crippen molar-refractivity contribution in [3.05, 3.63) is 53.1 Å². The molecule has 0 bridgehead atoms. The third-order valence-corrected chi connectivity index (χ3v) is 4.00. The first-order valence-corrected chi connectivity index (χ1v) is 7.99. The molecule has 0 atom stereocenters. The number of rotatable bonds is 6. The van der Waals surface area contributed by atoms with Gasteiger partial charge in [0, 0.05) is 0 Å². The predicted molar refractivity (Wildman–Crippen MR) is 91.1 cm³/mol. The lowest BCUT2D eigenvalue weighted by Gasteiger charge is -2.14. The van der Waals surface area contributed by atoms with Crippen molar-refractivity contribution >= 4 is 0 Å². The van der Waals surface area contributed by atoms with Crippen molar-refractivity contribution in [2.45, 2.75) is 47.0 Å². The summed E-state index contributed by atoms with van der Waals surface area (Å²) in [6, 6.07) is 13.2. The minimum absolute atomic E-state index is 0.783. The van der Waals surface area contributed by atoms with Gasteiger partial charge in [0.25, 0.3) is 0 Å². The average Bonchev–Trinajstić information content (AvgIpc) is 2.50. The van der Waals surface area contributed by atoms with Crippen molar-refractivity contribution in [1.29, 1.82) is 0 Å². The SMILES string of the molecule is CCCOc1ccc(-c2ccc(CCC)cc2)c(C)c1C. The minimum Gasteiger partial charge on any atom is -0.493 e. The Balaban J connectivity index is 2.29. The molecule has 2 aromatic rings. The first kappa shape index (κ1) is 15.6. The fourth-order valence-corrected chi connectivity index (χ4v) is 2.62. The number of benzene rings is 2. The second kappa shape index (κ2) is 7.31. The molecule has 112 valence electrons. The van der Waals surface area contributed by atoms with Crippen molar-refractivity contribution in [3.63, 3.8) is 0 Å². The van der Waals surface area contributed by atoms with Gasteiger partial charge in [-0.25, -0.2) is 0 Å². The summed E-state index contributed by atoms with van der Waals surface area (Å²) in [6.07, 6.45) is 3.39. The number of ether oxygens (including phenoxy) is 1. The number of hydrogen-bond acceptors (Lipinski definition) is 1. The smallest absolute Gasteiger partial charge is 0.122 e. The van der Waals surface area contributed by atoms with E-state index in [1.807, 2.05) is 0 Å². The Morgan fingerprint density at radius 2 is 1.52 bits per heavy atom. The molecule has 1 heteroatoms. The van der Waals surface area contributed by atoms with Crippen LogP contribution in [0.25, 0.3) is 11.1 Å². The lowest BCUT2D eigenvalue weighted by molar-refractivity contribution is 0.315. The van der Waals surface area contributed by atoms with Crippen molar-refractivity contribution in [1.82, 2.24) is 0 Å². The van der Waals surface area contributed by atoms with Gasteiger partial charge in [-0.3, -0.25) is 0 Å². The molecule has 0 aliphatic heterocycles. The molecule has 0 spiro atoms. The molecule has 0 radical (unpaired) electrons. The maximum Gasteiger partial charge on any atom is 0.122 e. The zero-order chi connectivity index (χ0) is 15.2. The summed E-state index contributed by atoms with van der Waals surface area (Å²) in [5.74, 6) is 1.01. The molecular weight excluding hydrogens is 256 g/mol. The largest absolute Gasteiger partial charge is 0.493 e. The minimum atomic E-state index is 0.783. The van der Waals surface area contributed by atoms with Gasteiger partial charge in [0.2, 0.25) is 0 Å². The van der Waals surface area contributed by atoms with Crippen LogP contribution in [0, 0.1) is 13.8 Å². The summed E-state index contributed by atoms with van der Waals surface area (Å²) in [4.78, 5) is 0. The fraction of sp³-hybridized carbons (Fsp3) is 0.400. The molecule has 0 heterocycles. The number of aryl methyl sites for hydroxylation is 1. The monoisotopic (exact) mass is 282 g/mol. The molecule has 0 unspecified atom stereocenters. The van der Waals surface area contributed by atoms with Gasteiger partial charge in [-0.05, 0) is 60.6 Å². The maximum atomic E-state index is 5.81. The number of hydrogen-bond donors (Lipinski definition) is 0. The van der Waals surface area contributed by atoms with Crippen LogP contribution in [0.2, 0.25) is 0 Å². The molecule has 0 amide bonds. The summed E-state index contributed by atoms with van der Waals surface area (Å²) < 4.78 is 5.81. The van der Waals surface area contributed by atoms with E-state index in [1.165, 1.54) is 34.2 Å². The Morgan fingerprint density at radius 1 is 0.810 bits per heavy atom. The highest BCUT2D eigenvalue weighted by Crippen LogP contribution is 2.31. The molecule has 0 aliphatic carbocycles. The Hall–Kier alpha value is -1.76. The summed E-state index contributed by atoms with van der Waals surface area (Å²) in [5.41, 5.74) is 6.57. The van der Waals surface area contributed by atoms with Crippen LogP contribution < -0.4 is 4.74 Å². The highest BCUT2D eigenvalue weighted by molar-refractivity contribution is 5.70. The Labute approximate surface area is 129 Å². The molecular formula is C20H26O. The van der Waals surface area contributed by atoms with E-state index in [9.17, 15) is 0 Å². The van der Waals surface area contributed by atoms with E-state index in [2.05, 4.69) is 64.1 Å². The predicted octanol–water partition coefficient (Wildman–Crippen LogP) is 5.71. The first-order valence-electron chi connectivity index (χ1n) is 7.99. The Morgan fingerprint density at radius 3 is 2.14 bits per heavy atom. The standard InChI is InChI=1S/C20H26O/c1-5-7-17-8-10-18(11-9-17)19-12-13-20(21-14-6-2)16(4)15(19)3/h8-13H,5-7,14H2,1-4H3. The van der Waals surface area contributed by atoms with E-state index in [1.54, 1.807) is 0 Å². The van der Waals surface area contributed by atoms with Gasteiger partial charge >= 0.3 is 0 Å². The molecule has 0 saturated carbocycles. The fourth-order valence-electron chi connectivity index (χ4n) is 2.62. The van der Waals surface area contributed by atoms with E-state index in [-0.39, 0.29) is 0 Å². The summed E-state index contributed by atoms with van der Waals surface area (Å²) in [7, 11) is 0. The van der Waals surface area contributed by atoms with Gasteiger partial charge in [-0.1, -0.05) is 50.6 Å². The van der Waals surface area contributed by atoms with E-state index in [0.29, 0.717) is 0 Å². The van der Waals surface area contributed by atoms with E-state index < -0.39 is 0 Å². The second-order valence-corrected chi connectivity index (χ2v) is 5.66. The van der Waals surface area contributed by atoms with Gasteiger partial charge in [0.15, 0.2) is 0 Å². The topological polar surface area (TPSA) is 9.23 Å². The zero-order valence-electron chi connectivity index (χ0n) is 13.7. The van der Waals surface area contributed by atoms with Gasteiger partial charge < -0.3 is 4.74 Å². The average molecular weight is 282 g/mol. The third-order valence-electron chi connectivity index (χ3n) is 4.00. The van der Waals surface area contributed by atoms with Crippen LogP contribution in [0.3, 0.4) is 0 Å². The van der Waals surface area contributed by atoms with Crippen LogP contribution in [0.5, 0.6) is 5.75 Å². The Kier molecular flexibility index (Phi) is 5.44. The molecule has 0 saturated heterocycles. The summed E-state index contributed by atoms with van der Waals surface area (Å²) in [6.45, 7) is 9.47. The van der Waals surface area contributed by atoms with Crippen molar-refractivity contribution in [3.8, 4) is 16.9 Å². The van der Waals surface area contributed by atoms with E-state index in [4.69, 9.17) is 4.74 Å².